The maximum absolute atomic E-state index is 12.6. The number of rotatable bonds is 4. The molecule has 8 heteroatoms. The lowest BCUT2D eigenvalue weighted by molar-refractivity contribution is -0.137. The number of nitrogens with one attached hydrogen (secondary N) is 1. The van der Waals surface area contributed by atoms with Crippen LogP contribution in [0.25, 0.3) is 0 Å². The summed E-state index contributed by atoms with van der Waals surface area (Å²) in [5.41, 5.74) is 0.995. The van der Waals surface area contributed by atoms with Gasteiger partial charge in [-0.3, -0.25) is 9.59 Å². The molecule has 148 valence electrons. The highest BCUT2D eigenvalue weighted by atomic mass is 19.4. The highest BCUT2D eigenvalue weighted by Gasteiger charge is 2.36. The first-order chi connectivity index (χ1) is 13.2. The van der Waals surface area contributed by atoms with E-state index in [0.717, 1.165) is 17.7 Å². The third-order valence-electron chi connectivity index (χ3n) is 4.60. The van der Waals surface area contributed by atoms with Crippen LogP contribution >= 0.6 is 0 Å². The molecule has 1 atom stereocenters. The van der Waals surface area contributed by atoms with E-state index < -0.39 is 23.6 Å². The molecule has 0 aliphatic carbocycles. The molecule has 3 rings (SSSR count). The van der Waals surface area contributed by atoms with Crippen LogP contribution in [-0.2, 0) is 15.8 Å². The van der Waals surface area contributed by atoms with E-state index in [1.807, 2.05) is 19.1 Å². The van der Waals surface area contributed by atoms with E-state index in [1.165, 1.54) is 24.1 Å². The largest absolute Gasteiger partial charge is 0.495 e. The Morgan fingerprint density at radius 2 is 1.86 bits per heavy atom. The second-order valence-corrected chi connectivity index (χ2v) is 6.65. The number of methoxy groups -OCH3 is 1. The molecule has 5 nitrogen and oxygen atoms in total. The molecule has 0 aromatic heterocycles. The zero-order valence-corrected chi connectivity index (χ0v) is 15.3. The number of nitrogens with zero attached hydrogens (tertiary/aromatic N) is 1. The molecule has 0 saturated carbocycles. The highest BCUT2D eigenvalue weighted by molar-refractivity contribution is 6.04. The summed E-state index contributed by atoms with van der Waals surface area (Å²) < 4.78 is 43.2. The monoisotopic (exact) mass is 392 g/mol. The van der Waals surface area contributed by atoms with Crippen molar-refractivity contribution >= 4 is 23.2 Å². The smallest absolute Gasteiger partial charge is 0.416 e. The summed E-state index contributed by atoms with van der Waals surface area (Å²) >= 11 is 0. The van der Waals surface area contributed by atoms with Crippen molar-refractivity contribution in [1.29, 1.82) is 0 Å². The summed E-state index contributed by atoms with van der Waals surface area (Å²) in [6.45, 7) is 2.06. The van der Waals surface area contributed by atoms with Gasteiger partial charge >= 0.3 is 6.18 Å². The topological polar surface area (TPSA) is 58.6 Å². The van der Waals surface area contributed by atoms with E-state index in [9.17, 15) is 22.8 Å². The number of halogens is 3. The van der Waals surface area contributed by atoms with Crippen LogP contribution in [0.5, 0.6) is 5.75 Å². The maximum atomic E-state index is 12.6. The fourth-order valence-electron chi connectivity index (χ4n) is 3.11. The summed E-state index contributed by atoms with van der Waals surface area (Å²) in [7, 11) is 1.50. The molecule has 0 spiro atoms. The van der Waals surface area contributed by atoms with Crippen molar-refractivity contribution in [3.05, 3.63) is 53.6 Å². The number of ether oxygens (including phenoxy) is 1. The third-order valence-corrected chi connectivity index (χ3v) is 4.60. The molecule has 28 heavy (non-hydrogen) atoms. The van der Waals surface area contributed by atoms with Gasteiger partial charge in [-0.2, -0.15) is 13.2 Å². The van der Waals surface area contributed by atoms with Gasteiger partial charge in [0.1, 0.15) is 5.75 Å². The molecule has 2 aromatic rings. The number of anilines is 2. The summed E-state index contributed by atoms with van der Waals surface area (Å²) in [6, 6.07) is 9.62. The van der Waals surface area contributed by atoms with Gasteiger partial charge < -0.3 is 15.0 Å². The Bertz CT molecular complexity index is 895. The molecule has 2 amide bonds. The van der Waals surface area contributed by atoms with Crippen molar-refractivity contribution < 1.29 is 27.5 Å². The normalized spacial score (nSPS) is 17.0. The number of carbonyl (C=O) groups is 2. The van der Waals surface area contributed by atoms with Gasteiger partial charge in [0, 0.05) is 18.7 Å². The lowest BCUT2D eigenvalue weighted by Gasteiger charge is -2.20. The van der Waals surface area contributed by atoms with Crippen molar-refractivity contribution in [2.75, 3.05) is 23.9 Å². The summed E-state index contributed by atoms with van der Waals surface area (Å²) in [4.78, 5) is 26.4. The second kappa shape index (κ2) is 7.53. The molecular weight excluding hydrogens is 373 g/mol. The van der Waals surface area contributed by atoms with Gasteiger partial charge in [-0.25, -0.2) is 0 Å². The predicted octanol–water partition coefficient (Wildman–Crippen LogP) is 4.01. The summed E-state index contributed by atoms with van der Waals surface area (Å²) in [5.74, 6) is -0.707. The van der Waals surface area contributed by atoms with Crippen LogP contribution in [0.1, 0.15) is 17.5 Å². The quantitative estimate of drug-likeness (QED) is 0.855. The summed E-state index contributed by atoms with van der Waals surface area (Å²) in [6.07, 6.45) is -4.42. The standard InChI is InChI=1S/C20H19F3N2O3/c1-12-3-8-17(28-2)16(9-12)25-11-13(10-18(25)26)19(27)24-15-6-4-14(5-7-15)20(21,22)23/h3-9,13H,10-11H2,1-2H3,(H,24,27). The van der Waals surface area contributed by atoms with Crippen molar-refractivity contribution in [3.63, 3.8) is 0 Å². The molecule has 1 aliphatic heterocycles. The third kappa shape index (κ3) is 4.11. The number of alkyl halides is 3. The Morgan fingerprint density at radius 1 is 1.18 bits per heavy atom. The average molecular weight is 392 g/mol. The van der Waals surface area contributed by atoms with Crippen LogP contribution in [0.15, 0.2) is 42.5 Å². The van der Waals surface area contributed by atoms with Crippen LogP contribution in [-0.4, -0.2) is 25.5 Å². The Balaban J connectivity index is 1.71. The first kappa shape index (κ1) is 19.7. The molecule has 1 saturated heterocycles. The van der Waals surface area contributed by atoms with Crippen LogP contribution in [0, 0.1) is 12.8 Å². The zero-order valence-electron chi connectivity index (χ0n) is 15.3. The molecule has 1 fully saturated rings. The minimum atomic E-state index is -4.44. The second-order valence-electron chi connectivity index (χ2n) is 6.65. The van der Waals surface area contributed by atoms with Gasteiger partial charge in [0.15, 0.2) is 0 Å². The van der Waals surface area contributed by atoms with E-state index >= 15 is 0 Å². The van der Waals surface area contributed by atoms with E-state index in [-0.39, 0.29) is 24.6 Å². The van der Waals surface area contributed by atoms with Crippen molar-refractivity contribution in [1.82, 2.24) is 0 Å². The van der Waals surface area contributed by atoms with E-state index in [1.54, 1.807) is 6.07 Å². The van der Waals surface area contributed by atoms with Crippen molar-refractivity contribution in [2.45, 2.75) is 19.5 Å². The Hall–Kier alpha value is -3.03. The number of aryl methyl sites for hydroxylation is 1. The first-order valence-corrected chi connectivity index (χ1v) is 8.62. The average Bonchev–Trinajstić information content (AvgIpc) is 3.03. The first-order valence-electron chi connectivity index (χ1n) is 8.62. The van der Waals surface area contributed by atoms with Crippen LogP contribution < -0.4 is 15.0 Å². The van der Waals surface area contributed by atoms with Crippen molar-refractivity contribution in [3.8, 4) is 5.75 Å². The fourth-order valence-corrected chi connectivity index (χ4v) is 3.11. The SMILES string of the molecule is COc1ccc(C)cc1N1CC(C(=O)Nc2ccc(C(F)(F)F)cc2)CC1=O. The number of benzene rings is 2. The minimum absolute atomic E-state index is 0.0174. The van der Waals surface area contributed by atoms with E-state index in [4.69, 9.17) is 4.74 Å². The summed E-state index contributed by atoms with van der Waals surface area (Å²) in [5, 5.41) is 2.58. The van der Waals surface area contributed by atoms with Gasteiger partial charge in [-0.1, -0.05) is 6.07 Å². The number of hydrogen-bond donors (Lipinski definition) is 1. The zero-order chi connectivity index (χ0) is 20.5. The minimum Gasteiger partial charge on any atom is -0.495 e. The van der Waals surface area contributed by atoms with Gasteiger partial charge in [-0.05, 0) is 48.9 Å². The Kier molecular flexibility index (Phi) is 5.31. The fraction of sp³-hybridized carbons (Fsp3) is 0.300. The Morgan fingerprint density at radius 3 is 2.46 bits per heavy atom. The van der Waals surface area contributed by atoms with Gasteiger partial charge in [0.25, 0.3) is 0 Å². The van der Waals surface area contributed by atoms with E-state index in [2.05, 4.69) is 5.32 Å². The molecule has 2 aromatic carbocycles. The lowest BCUT2D eigenvalue weighted by Crippen LogP contribution is -2.28. The Labute approximate surface area is 160 Å². The lowest BCUT2D eigenvalue weighted by atomic mass is 10.1. The van der Waals surface area contributed by atoms with E-state index in [0.29, 0.717) is 11.4 Å². The number of amides is 2. The molecule has 0 bridgehead atoms. The molecule has 0 radical (unpaired) electrons. The van der Waals surface area contributed by atoms with Crippen LogP contribution in [0.2, 0.25) is 0 Å². The van der Waals surface area contributed by atoms with Gasteiger partial charge in [0.2, 0.25) is 11.8 Å². The maximum Gasteiger partial charge on any atom is 0.416 e. The molecule has 1 unspecified atom stereocenters. The molecule has 1 N–H and O–H groups in total. The van der Waals surface area contributed by atoms with Crippen LogP contribution in [0.3, 0.4) is 0 Å². The van der Waals surface area contributed by atoms with Crippen LogP contribution in [0.4, 0.5) is 24.5 Å². The predicted molar refractivity (Wildman–Crippen MR) is 98.3 cm³/mol. The highest BCUT2D eigenvalue weighted by Crippen LogP contribution is 2.34. The molecule has 1 aliphatic rings. The molecule has 1 heterocycles. The number of carbonyl (C=O) groups excluding carboxylic acids is 2. The van der Waals surface area contributed by atoms with Gasteiger partial charge in [0.05, 0.1) is 24.3 Å². The molecular formula is C20H19F3N2O3. The van der Waals surface area contributed by atoms with Crippen molar-refractivity contribution in [2.24, 2.45) is 5.92 Å². The number of hydrogen-bond acceptors (Lipinski definition) is 3. The van der Waals surface area contributed by atoms with Gasteiger partial charge in [-0.15, -0.1) is 0 Å².